The normalized spacial score (nSPS) is 10.5. The molecule has 22 heavy (non-hydrogen) atoms. The van der Waals surface area contributed by atoms with E-state index < -0.39 is 0 Å². The third-order valence-corrected chi connectivity index (χ3v) is 4.12. The fourth-order valence-corrected chi connectivity index (χ4v) is 2.76. The van der Waals surface area contributed by atoms with Crippen LogP contribution in [-0.4, -0.2) is 33.6 Å². The number of nitrogens with zero attached hydrogens (tertiary/aromatic N) is 3. The zero-order valence-electron chi connectivity index (χ0n) is 12.2. The maximum Gasteiger partial charge on any atom is 0.316 e. The molecule has 116 valence electrons. The van der Waals surface area contributed by atoms with Crippen LogP contribution in [0.25, 0.3) is 0 Å². The second-order valence-electron chi connectivity index (χ2n) is 4.47. The Balaban J connectivity index is 2.16. The molecule has 0 atom stereocenters. The third-order valence-electron chi connectivity index (χ3n) is 2.93. The van der Waals surface area contributed by atoms with Crippen molar-refractivity contribution in [1.82, 2.24) is 14.8 Å². The molecule has 0 aliphatic carbocycles. The van der Waals surface area contributed by atoms with Crippen LogP contribution < -0.4 is 0 Å². The molecule has 5 nitrogen and oxygen atoms in total. The molecule has 0 unspecified atom stereocenters. The number of aromatic nitrogens is 3. The Morgan fingerprint density at radius 2 is 2.14 bits per heavy atom. The number of esters is 1. The average Bonchev–Trinajstić information content (AvgIpc) is 2.90. The number of hydrogen-bond acceptors (Lipinski definition) is 5. The van der Waals surface area contributed by atoms with E-state index in [1.807, 2.05) is 28.8 Å². The Bertz CT molecular complexity index is 655. The number of thioether (sulfide) groups is 1. The third kappa shape index (κ3) is 4.35. The van der Waals surface area contributed by atoms with Gasteiger partial charge in [-0.15, -0.1) is 16.8 Å². The number of allylic oxidation sites excluding steroid dienone is 1. The van der Waals surface area contributed by atoms with Crippen LogP contribution in [0.4, 0.5) is 0 Å². The quantitative estimate of drug-likeness (QED) is 0.441. The fraction of sp³-hybridized carbons (Fsp3) is 0.267. The van der Waals surface area contributed by atoms with Crippen molar-refractivity contribution in [3.8, 4) is 0 Å². The van der Waals surface area contributed by atoms with Crippen LogP contribution in [0.3, 0.4) is 0 Å². The number of methoxy groups -OCH3 is 1. The molecule has 0 fully saturated rings. The van der Waals surface area contributed by atoms with Gasteiger partial charge in [-0.2, -0.15) is 0 Å². The van der Waals surface area contributed by atoms with E-state index in [2.05, 4.69) is 21.5 Å². The second kappa shape index (κ2) is 8.00. The van der Waals surface area contributed by atoms with Crippen LogP contribution in [0, 0.1) is 0 Å². The summed E-state index contributed by atoms with van der Waals surface area (Å²) in [5, 5.41) is 9.74. The molecule has 0 saturated carbocycles. The van der Waals surface area contributed by atoms with Crippen molar-refractivity contribution in [3.05, 3.63) is 53.3 Å². The summed E-state index contributed by atoms with van der Waals surface area (Å²) in [7, 11) is 1.36. The number of benzene rings is 1. The molecule has 0 saturated heterocycles. The van der Waals surface area contributed by atoms with Crippen molar-refractivity contribution < 1.29 is 9.53 Å². The SMILES string of the molecule is C=CCn1c(Cc2ccc(Cl)cc2)nnc1SCC(=O)OC. The van der Waals surface area contributed by atoms with Crippen LogP contribution in [0.2, 0.25) is 5.02 Å². The minimum atomic E-state index is -0.294. The number of ether oxygens (including phenoxy) is 1. The van der Waals surface area contributed by atoms with E-state index in [-0.39, 0.29) is 11.7 Å². The van der Waals surface area contributed by atoms with Gasteiger partial charge in [0.25, 0.3) is 0 Å². The van der Waals surface area contributed by atoms with Gasteiger partial charge in [-0.05, 0) is 17.7 Å². The lowest BCUT2D eigenvalue weighted by atomic mass is 10.1. The number of carbonyl (C=O) groups is 1. The summed E-state index contributed by atoms with van der Waals surface area (Å²) in [5.41, 5.74) is 1.09. The first kappa shape index (κ1) is 16.6. The van der Waals surface area contributed by atoms with E-state index in [0.29, 0.717) is 23.1 Å². The lowest BCUT2D eigenvalue weighted by Gasteiger charge is -2.07. The number of rotatable bonds is 7. The van der Waals surface area contributed by atoms with Gasteiger partial charge in [-0.1, -0.05) is 41.6 Å². The molecule has 0 amide bonds. The monoisotopic (exact) mass is 337 g/mol. The first-order valence-corrected chi connectivity index (χ1v) is 7.97. The highest BCUT2D eigenvalue weighted by Gasteiger charge is 2.14. The largest absolute Gasteiger partial charge is 0.468 e. The van der Waals surface area contributed by atoms with Gasteiger partial charge in [-0.25, -0.2) is 0 Å². The molecule has 0 aliphatic heterocycles. The highest BCUT2D eigenvalue weighted by molar-refractivity contribution is 7.99. The Kier molecular flexibility index (Phi) is 6.03. The summed E-state index contributed by atoms with van der Waals surface area (Å²) >= 11 is 7.19. The maximum absolute atomic E-state index is 11.3. The van der Waals surface area contributed by atoms with Gasteiger partial charge < -0.3 is 9.30 Å². The van der Waals surface area contributed by atoms with Crippen molar-refractivity contribution in [2.45, 2.75) is 18.1 Å². The fourth-order valence-electron chi connectivity index (χ4n) is 1.84. The summed E-state index contributed by atoms with van der Waals surface area (Å²) in [4.78, 5) is 11.3. The number of carbonyl (C=O) groups excluding carboxylic acids is 1. The van der Waals surface area contributed by atoms with Crippen molar-refractivity contribution >= 4 is 29.3 Å². The van der Waals surface area contributed by atoms with Gasteiger partial charge in [0.2, 0.25) is 0 Å². The molecule has 2 aromatic rings. The Labute approximate surface area is 138 Å². The molecular formula is C15H16ClN3O2S. The van der Waals surface area contributed by atoms with E-state index >= 15 is 0 Å². The lowest BCUT2D eigenvalue weighted by Crippen LogP contribution is -2.07. The van der Waals surface area contributed by atoms with Gasteiger partial charge in [0, 0.05) is 18.0 Å². The van der Waals surface area contributed by atoms with Crippen molar-refractivity contribution in [2.24, 2.45) is 0 Å². The van der Waals surface area contributed by atoms with Crippen LogP contribution in [-0.2, 0) is 22.5 Å². The van der Waals surface area contributed by atoms with Gasteiger partial charge >= 0.3 is 5.97 Å². The Morgan fingerprint density at radius 1 is 1.41 bits per heavy atom. The molecule has 1 heterocycles. The van der Waals surface area contributed by atoms with Crippen LogP contribution in [0.15, 0.2) is 42.1 Å². The Morgan fingerprint density at radius 3 is 2.77 bits per heavy atom. The summed E-state index contributed by atoms with van der Waals surface area (Å²) in [6, 6.07) is 7.60. The van der Waals surface area contributed by atoms with Gasteiger partial charge in [0.05, 0.1) is 12.9 Å². The van der Waals surface area contributed by atoms with Crippen molar-refractivity contribution in [3.63, 3.8) is 0 Å². The molecule has 7 heteroatoms. The maximum atomic E-state index is 11.3. The van der Waals surface area contributed by atoms with E-state index in [9.17, 15) is 4.79 Å². The van der Waals surface area contributed by atoms with Gasteiger partial charge in [0.1, 0.15) is 5.82 Å². The molecule has 0 N–H and O–H groups in total. The van der Waals surface area contributed by atoms with Gasteiger partial charge in [0.15, 0.2) is 5.16 Å². The van der Waals surface area contributed by atoms with Crippen molar-refractivity contribution in [2.75, 3.05) is 12.9 Å². The average molecular weight is 338 g/mol. The van der Waals surface area contributed by atoms with Crippen molar-refractivity contribution in [1.29, 1.82) is 0 Å². The first-order chi connectivity index (χ1) is 10.6. The van der Waals surface area contributed by atoms with Crippen LogP contribution >= 0.6 is 23.4 Å². The molecular weight excluding hydrogens is 322 g/mol. The molecule has 0 bridgehead atoms. The smallest absolute Gasteiger partial charge is 0.316 e. The molecule has 0 spiro atoms. The standard InChI is InChI=1S/C15H16ClN3O2S/c1-3-8-19-13(9-11-4-6-12(16)7-5-11)17-18-15(19)22-10-14(20)21-2/h3-7H,1,8-10H2,2H3. The number of halogens is 1. The van der Waals surface area contributed by atoms with E-state index in [1.54, 1.807) is 6.08 Å². The molecule has 1 aromatic carbocycles. The van der Waals surface area contributed by atoms with E-state index in [1.165, 1.54) is 18.9 Å². The first-order valence-electron chi connectivity index (χ1n) is 6.61. The summed E-state index contributed by atoms with van der Waals surface area (Å²) < 4.78 is 6.58. The predicted octanol–water partition coefficient (Wildman–Crippen LogP) is 2.97. The Hall–Kier alpha value is -1.79. The highest BCUT2D eigenvalue weighted by Crippen LogP contribution is 2.19. The summed E-state index contributed by atoms with van der Waals surface area (Å²) in [6.45, 7) is 4.34. The van der Waals surface area contributed by atoms with E-state index in [0.717, 1.165) is 11.4 Å². The topological polar surface area (TPSA) is 57.0 Å². The molecule has 2 rings (SSSR count). The van der Waals surface area contributed by atoms with E-state index in [4.69, 9.17) is 11.6 Å². The molecule has 1 aromatic heterocycles. The molecule has 0 aliphatic rings. The predicted molar refractivity (Wildman–Crippen MR) is 87.2 cm³/mol. The highest BCUT2D eigenvalue weighted by atomic mass is 35.5. The summed E-state index contributed by atoms with van der Waals surface area (Å²) in [5.74, 6) is 0.721. The zero-order valence-corrected chi connectivity index (χ0v) is 13.7. The zero-order chi connectivity index (χ0) is 15.9. The van der Waals surface area contributed by atoms with Crippen LogP contribution in [0.5, 0.6) is 0 Å². The number of hydrogen-bond donors (Lipinski definition) is 0. The molecule has 0 radical (unpaired) electrons. The minimum absolute atomic E-state index is 0.201. The van der Waals surface area contributed by atoms with Gasteiger partial charge in [-0.3, -0.25) is 4.79 Å². The van der Waals surface area contributed by atoms with Crippen LogP contribution in [0.1, 0.15) is 11.4 Å². The lowest BCUT2D eigenvalue weighted by molar-refractivity contribution is -0.137. The summed E-state index contributed by atoms with van der Waals surface area (Å²) in [6.07, 6.45) is 2.41. The minimum Gasteiger partial charge on any atom is -0.468 e. The second-order valence-corrected chi connectivity index (χ2v) is 5.85.